The number of aryl methyl sites for hydroxylation is 2. The highest BCUT2D eigenvalue weighted by molar-refractivity contribution is 7.22. The van der Waals surface area contributed by atoms with Crippen molar-refractivity contribution in [2.75, 3.05) is 5.32 Å². The number of nitrogens with one attached hydrogen (secondary N) is 1. The summed E-state index contributed by atoms with van der Waals surface area (Å²) in [5, 5.41) is 16.8. The van der Waals surface area contributed by atoms with Crippen LogP contribution in [-0.4, -0.2) is 10.9 Å². The zero-order chi connectivity index (χ0) is 18.4. The summed E-state index contributed by atoms with van der Waals surface area (Å²) in [6.07, 6.45) is 0. The Morgan fingerprint density at radius 1 is 1.11 bits per heavy atom. The number of carbonyl (C=O) groups is 1. The molecule has 4 nitrogen and oxygen atoms in total. The number of nitrogens with zero attached hydrogens (tertiary/aromatic N) is 1. The van der Waals surface area contributed by atoms with Crippen LogP contribution in [0, 0.1) is 6.92 Å². The van der Waals surface area contributed by atoms with Crippen LogP contribution in [-0.2, 0) is 7.05 Å². The maximum Gasteiger partial charge on any atom is 0.339 e. The normalized spacial score (nSPS) is 10.8. The predicted molar refractivity (Wildman–Crippen MR) is 107 cm³/mol. The molecule has 138 valence electrons. The van der Waals surface area contributed by atoms with Crippen LogP contribution in [0.15, 0.2) is 48.5 Å². The molecule has 0 fully saturated rings. The van der Waals surface area contributed by atoms with E-state index in [1.54, 1.807) is 18.3 Å². The summed E-state index contributed by atoms with van der Waals surface area (Å²) in [7, 11) is 2.01. The van der Waals surface area contributed by atoms with Gasteiger partial charge >= 0.3 is 5.13 Å². The van der Waals surface area contributed by atoms with Gasteiger partial charge in [0, 0.05) is 21.9 Å². The number of carbonyl (C=O) groups excluding carboxylic acids is 1. The highest BCUT2D eigenvalue weighted by Gasteiger charge is 2.22. The molecule has 0 aliphatic rings. The second-order valence-corrected chi connectivity index (χ2v) is 7.42. The van der Waals surface area contributed by atoms with Crippen molar-refractivity contribution in [3.63, 3.8) is 0 Å². The molecule has 4 rings (SSSR count). The number of halogens is 1. The van der Waals surface area contributed by atoms with E-state index in [4.69, 9.17) is 0 Å². The number of Topliss-reactive ketones (excluding diaryl/α,β-unsaturated/α-hetero) is 1. The SMILES string of the molecule is CC(=O)c1cccc(Nc2sc3c(C)c(O)c4ccccc4c3[n+]2C)c1.[Cl-]. The number of benzene rings is 3. The predicted octanol–water partition coefficient (Wildman–Crippen LogP) is 1.84. The lowest BCUT2D eigenvalue weighted by Crippen LogP contribution is -3.00. The fourth-order valence-electron chi connectivity index (χ4n) is 3.28. The summed E-state index contributed by atoms with van der Waals surface area (Å²) in [4.78, 5) is 11.6. The van der Waals surface area contributed by atoms with Gasteiger partial charge in [-0.1, -0.05) is 30.3 Å². The standard InChI is InChI=1S/C21H18N2O2S.ClH/c1-12-19(25)17-10-5-4-9-16(17)18-20(12)26-21(23(18)3)22-15-8-6-7-14(11-15)13(2)24;/h4-11,25H,1-3H3;1H. The molecule has 0 spiro atoms. The summed E-state index contributed by atoms with van der Waals surface area (Å²) in [5.41, 5.74) is 3.51. The average Bonchev–Trinajstić information content (AvgIpc) is 2.96. The van der Waals surface area contributed by atoms with Crippen molar-refractivity contribution in [2.45, 2.75) is 13.8 Å². The van der Waals surface area contributed by atoms with Crippen LogP contribution in [0.1, 0.15) is 22.8 Å². The molecule has 0 saturated heterocycles. The van der Waals surface area contributed by atoms with Crippen molar-refractivity contribution >= 4 is 48.9 Å². The molecule has 0 saturated carbocycles. The molecule has 4 aromatic rings. The molecular weight excluding hydrogens is 380 g/mol. The molecule has 0 radical (unpaired) electrons. The Morgan fingerprint density at radius 2 is 1.81 bits per heavy atom. The molecule has 1 heterocycles. The Kier molecular flexibility index (Phi) is 5.09. The van der Waals surface area contributed by atoms with E-state index >= 15 is 0 Å². The lowest BCUT2D eigenvalue weighted by atomic mass is 10.0. The summed E-state index contributed by atoms with van der Waals surface area (Å²) in [5.74, 6) is 0.376. The third-order valence-electron chi connectivity index (χ3n) is 4.71. The monoisotopic (exact) mass is 398 g/mol. The lowest BCUT2D eigenvalue weighted by Gasteiger charge is -2.05. The highest BCUT2D eigenvalue weighted by Crippen LogP contribution is 2.40. The first-order chi connectivity index (χ1) is 12.5. The first-order valence-corrected chi connectivity index (χ1v) is 9.20. The molecule has 27 heavy (non-hydrogen) atoms. The summed E-state index contributed by atoms with van der Waals surface area (Å²) < 4.78 is 3.16. The molecule has 0 aliphatic carbocycles. The van der Waals surface area contributed by atoms with Crippen molar-refractivity contribution < 1.29 is 26.9 Å². The number of fused-ring (bicyclic) bond motifs is 3. The minimum absolute atomic E-state index is 0. The van der Waals surface area contributed by atoms with Crippen LogP contribution in [0.3, 0.4) is 0 Å². The Bertz CT molecular complexity index is 1180. The van der Waals surface area contributed by atoms with Gasteiger partial charge in [-0.3, -0.25) is 4.79 Å². The third-order valence-corrected chi connectivity index (χ3v) is 5.98. The number of hydrogen-bond donors (Lipinski definition) is 2. The number of aromatic nitrogens is 1. The topological polar surface area (TPSA) is 53.2 Å². The first-order valence-electron chi connectivity index (χ1n) is 8.38. The number of aromatic hydroxyl groups is 1. The summed E-state index contributed by atoms with van der Waals surface area (Å²) in [6.45, 7) is 3.51. The summed E-state index contributed by atoms with van der Waals surface area (Å²) in [6, 6.07) is 15.4. The van der Waals surface area contributed by atoms with Crippen LogP contribution in [0.25, 0.3) is 21.0 Å². The van der Waals surface area contributed by atoms with Gasteiger partial charge in [-0.25, -0.2) is 9.88 Å². The molecule has 0 unspecified atom stereocenters. The van der Waals surface area contributed by atoms with E-state index in [-0.39, 0.29) is 18.2 Å². The van der Waals surface area contributed by atoms with Gasteiger partial charge in [0.15, 0.2) is 11.3 Å². The van der Waals surface area contributed by atoms with E-state index in [1.807, 2.05) is 62.5 Å². The van der Waals surface area contributed by atoms with E-state index in [1.165, 1.54) is 0 Å². The number of rotatable bonds is 3. The molecule has 0 bridgehead atoms. The Labute approximate surface area is 167 Å². The molecule has 0 amide bonds. The maximum atomic E-state index is 11.6. The number of ketones is 1. The number of phenols is 1. The van der Waals surface area contributed by atoms with Gasteiger partial charge in [0.05, 0.1) is 11.7 Å². The zero-order valence-electron chi connectivity index (χ0n) is 15.2. The average molecular weight is 399 g/mol. The van der Waals surface area contributed by atoms with Gasteiger partial charge in [0.25, 0.3) is 0 Å². The van der Waals surface area contributed by atoms with Gasteiger partial charge in [0.1, 0.15) is 11.4 Å². The molecule has 6 heteroatoms. The second kappa shape index (κ2) is 7.18. The minimum atomic E-state index is 0. The van der Waals surface area contributed by atoms with E-state index in [0.717, 1.165) is 37.4 Å². The smallest absolute Gasteiger partial charge is 0.339 e. The first kappa shape index (κ1) is 19.1. The van der Waals surface area contributed by atoms with E-state index in [9.17, 15) is 9.90 Å². The lowest BCUT2D eigenvalue weighted by molar-refractivity contribution is -0.625. The van der Waals surface area contributed by atoms with Crippen molar-refractivity contribution in [1.82, 2.24) is 0 Å². The molecular formula is C21H19ClN2O2S. The van der Waals surface area contributed by atoms with Crippen molar-refractivity contribution in [3.05, 3.63) is 59.7 Å². The van der Waals surface area contributed by atoms with E-state index in [0.29, 0.717) is 11.3 Å². The van der Waals surface area contributed by atoms with Crippen molar-refractivity contribution in [2.24, 2.45) is 7.05 Å². The largest absolute Gasteiger partial charge is 1.00 e. The van der Waals surface area contributed by atoms with Crippen LogP contribution < -0.4 is 22.3 Å². The fraction of sp³-hybridized carbons (Fsp3) is 0.143. The van der Waals surface area contributed by atoms with E-state index in [2.05, 4.69) is 9.88 Å². The maximum absolute atomic E-state index is 11.6. The van der Waals surface area contributed by atoms with Crippen molar-refractivity contribution in [3.8, 4) is 5.75 Å². The van der Waals surface area contributed by atoms with Gasteiger partial charge in [-0.05, 0) is 43.4 Å². The Hall–Kier alpha value is -2.63. The van der Waals surface area contributed by atoms with Crippen LogP contribution in [0.5, 0.6) is 5.75 Å². The quantitative estimate of drug-likeness (QED) is 0.409. The van der Waals surface area contributed by atoms with Gasteiger partial charge in [-0.2, -0.15) is 0 Å². The fourth-order valence-corrected chi connectivity index (χ4v) is 4.46. The molecule has 0 aliphatic heterocycles. The van der Waals surface area contributed by atoms with Crippen LogP contribution in [0.4, 0.5) is 10.8 Å². The molecule has 0 atom stereocenters. The Morgan fingerprint density at radius 3 is 2.52 bits per heavy atom. The van der Waals surface area contributed by atoms with Gasteiger partial charge in [0.2, 0.25) is 0 Å². The number of thiazole rings is 1. The third kappa shape index (κ3) is 3.13. The molecule has 2 N–H and O–H groups in total. The number of anilines is 2. The zero-order valence-corrected chi connectivity index (χ0v) is 16.8. The Balaban J connectivity index is 0.00000210. The van der Waals surface area contributed by atoms with Gasteiger partial charge < -0.3 is 17.5 Å². The van der Waals surface area contributed by atoms with Gasteiger partial charge in [-0.15, -0.1) is 0 Å². The van der Waals surface area contributed by atoms with Crippen LogP contribution >= 0.6 is 11.3 Å². The summed E-state index contributed by atoms with van der Waals surface area (Å²) >= 11 is 1.60. The minimum Gasteiger partial charge on any atom is -1.00 e. The van der Waals surface area contributed by atoms with Crippen molar-refractivity contribution in [1.29, 1.82) is 0 Å². The molecule has 1 aromatic heterocycles. The molecule has 3 aromatic carbocycles. The number of hydrogen-bond acceptors (Lipinski definition) is 4. The van der Waals surface area contributed by atoms with Crippen LogP contribution in [0.2, 0.25) is 0 Å². The second-order valence-electron chi connectivity index (χ2n) is 6.43. The number of phenolic OH excluding ortho intramolecular Hbond substituents is 1. The van der Waals surface area contributed by atoms with E-state index < -0.39 is 0 Å². The highest BCUT2D eigenvalue weighted by atomic mass is 35.5.